The van der Waals surface area contributed by atoms with Crippen LogP contribution >= 0.6 is 0 Å². The van der Waals surface area contributed by atoms with E-state index in [-0.39, 0.29) is 0 Å². The molecule has 0 N–H and O–H groups in total. The van der Waals surface area contributed by atoms with Gasteiger partial charge in [-0.15, -0.1) is 0 Å². The molecule has 0 amide bonds. The monoisotopic (exact) mass is 318 g/mol. The molecule has 0 radical (unpaired) electrons. The molecule has 2 nitrogen and oxygen atoms in total. The van der Waals surface area contributed by atoms with Gasteiger partial charge in [-0.25, -0.2) is 0 Å². The summed E-state index contributed by atoms with van der Waals surface area (Å²) in [7, 11) is 0. The number of hydrogen-bond acceptors (Lipinski definition) is 1. The Labute approximate surface area is 144 Å². The summed E-state index contributed by atoms with van der Waals surface area (Å²) in [5.74, 6) is 0.948. The highest BCUT2D eigenvalue weighted by molar-refractivity contribution is 5.96. The van der Waals surface area contributed by atoms with E-state index in [2.05, 4.69) is 52.2 Å². The third-order valence-electron chi connectivity index (χ3n) is 5.88. The molecule has 1 aromatic heterocycles. The molecule has 0 saturated heterocycles. The zero-order chi connectivity index (χ0) is 15.9. The fraction of sp³-hybridized carbons (Fsp3) is 0.455. The van der Waals surface area contributed by atoms with Crippen molar-refractivity contribution in [2.45, 2.75) is 44.9 Å². The van der Waals surface area contributed by atoms with E-state index in [0.29, 0.717) is 0 Å². The maximum Gasteiger partial charge on any atom is 0.0532 e. The van der Waals surface area contributed by atoms with Crippen LogP contribution in [0.25, 0.3) is 22.7 Å². The molecule has 2 aliphatic carbocycles. The van der Waals surface area contributed by atoms with Gasteiger partial charge in [0.25, 0.3) is 0 Å². The van der Waals surface area contributed by atoms with Gasteiger partial charge in [0.15, 0.2) is 0 Å². The van der Waals surface area contributed by atoms with E-state index >= 15 is 0 Å². The van der Waals surface area contributed by atoms with Gasteiger partial charge < -0.3 is 9.47 Å². The lowest BCUT2D eigenvalue weighted by atomic mass is 9.91. The smallest absolute Gasteiger partial charge is 0.0532 e. The molecule has 1 aliphatic heterocycles. The minimum absolute atomic E-state index is 0.948. The highest BCUT2D eigenvalue weighted by atomic mass is 15.1. The lowest BCUT2D eigenvalue weighted by Gasteiger charge is -2.19. The summed E-state index contributed by atoms with van der Waals surface area (Å²) >= 11 is 0. The largest absolute Gasteiger partial charge is 0.376 e. The quantitative estimate of drug-likeness (QED) is 0.746. The Morgan fingerprint density at radius 3 is 2.75 bits per heavy atom. The lowest BCUT2D eigenvalue weighted by molar-refractivity contribution is 0.367. The van der Waals surface area contributed by atoms with E-state index in [0.717, 1.165) is 18.9 Å². The molecule has 1 aromatic carbocycles. The average Bonchev–Trinajstić information content (AvgIpc) is 3.42. The Morgan fingerprint density at radius 1 is 1.00 bits per heavy atom. The SMILES string of the molecule is C1=Cn2c(c(C3=CCCCC3)c3ccccc32)CCN1CC1CC1. The van der Waals surface area contributed by atoms with Crippen LogP contribution in [-0.2, 0) is 6.42 Å². The maximum absolute atomic E-state index is 2.54. The van der Waals surface area contributed by atoms with Crippen molar-refractivity contribution in [1.29, 1.82) is 0 Å². The van der Waals surface area contributed by atoms with Crippen LogP contribution in [0.3, 0.4) is 0 Å². The molecule has 0 atom stereocenters. The van der Waals surface area contributed by atoms with Gasteiger partial charge in [-0.3, -0.25) is 0 Å². The summed E-state index contributed by atoms with van der Waals surface area (Å²) in [6, 6.07) is 8.97. The molecule has 24 heavy (non-hydrogen) atoms. The summed E-state index contributed by atoms with van der Waals surface area (Å²) in [6.45, 7) is 2.40. The van der Waals surface area contributed by atoms with E-state index in [1.807, 2.05) is 0 Å². The van der Waals surface area contributed by atoms with E-state index < -0.39 is 0 Å². The number of hydrogen-bond donors (Lipinski definition) is 0. The van der Waals surface area contributed by atoms with Crippen molar-refractivity contribution >= 4 is 22.7 Å². The third-order valence-corrected chi connectivity index (χ3v) is 5.88. The molecule has 0 spiro atoms. The van der Waals surface area contributed by atoms with Crippen molar-refractivity contribution in [2.24, 2.45) is 5.92 Å². The summed E-state index contributed by atoms with van der Waals surface area (Å²) in [5.41, 5.74) is 6.04. The number of rotatable bonds is 3. The highest BCUT2D eigenvalue weighted by Crippen LogP contribution is 2.38. The van der Waals surface area contributed by atoms with Gasteiger partial charge in [-0.2, -0.15) is 0 Å². The third kappa shape index (κ3) is 2.49. The fourth-order valence-electron chi connectivity index (χ4n) is 4.42. The Morgan fingerprint density at radius 2 is 1.92 bits per heavy atom. The standard InChI is InChI=1S/C22H26N2/c1-2-6-18(7-3-1)22-19-8-4-5-9-20(19)24-15-14-23(13-12-21(22)24)16-17-10-11-17/h4-6,8-9,14-15,17H,1-3,7,10-13,16H2. The second-order valence-corrected chi connectivity index (χ2v) is 7.67. The normalized spacial score (nSPS) is 20.8. The number of fused-ring (bicyclic) bond motifs is 3. The Kier molecular flexibility index (Phi) is 3.50. The van der Waals surface area contributed by atoms with Crippen LogP contribution in [0, 0.1) is 5.92 Å². The second kappa shape index (κ2) is 5.84. The van der Waals surface area contributed by atoms with Crippen LogP contribution in [0.5, 0.6) is 0 Å². The zero-order valence-electron chi connectivity index (χ0n) is 14.4. The van der Waals surface area contributed by atoms with Crippen molar-refractivity contribution in [3.63, 3.8) is 0 Å². The van der Waals surface area contributed by atoms with Gasteiger partial charge in [0.1, 0.15) is 0 Å². The van der Waals surface area contributed by atoms with Gasteiger partial charge in [-0.1, -0.05) is 24.3 Å². The van der Waals surface area contributed by atoms with Gasteiger partial charge in [0.05, 0.1) is 5.52 Å². The molecule has 0 bridgehead atoms. The second-order valence-electron chi connectivity index (χ2n) is 7.67. The number of allylic oxidation sites excluding steroid dienone is 2. The molecule has 3 aliphatic rings. The number of aromatic nitrogens is 1. The minimum atomic E-state index is 0.948. The van der Waals surface area contributed by atoms with Crippen LogP contribution in [0.15, 0.2) is 36.5 Å². The summed E-state index contributed by atoms with van der Waals surface area (Å²) in [5, 5.41) is 1.45. The van der Waals surface area contributed by atoms with Crippen LogP contribution in [0.4, 0.5) is 0 Å². The minimum Gasteiger partial charge on any atom is -0.376 e. The first-order valence-corrected chi connectivity index (χ1v) is 9.64. The summed E-state index contributed by atoms with van der Waals surface area (Å²) < 4.78 is 2.47. The molecule has 5 rings (SSSR count). The van der Waals surface area contributed by atoms with Crippen LogP contribution in [0.2, 0.25) is 0 Å². The van der Waals surface area contributed by atoms with Crippen molar-refractivity contribution in [1.82, 2.24) is 9.47 Å². The van der Waals surface area contributed by atoms with Crippen LogP contribution < -0.4 is 0 Å². The topological polar surface area (TPSA) is 8.17 Å². The van der Waals surface area contributed by atoms with Gasteiger partial charge in [0.2, 0.25) is 0 Å². The van der Waals surface area contributed by atoms with Crippen LogP contribution in [-0.4, -0.2) is 22.6 Å². The van der Waals surface area contributed by atoms with Gasteiger partial charge in [0, 0.05) is 48.6 Å². The molecule has 1 fully saturated rings. The van der Waals surface area contributed by atoms with Crippen LogP contribution in [0.1, 0.15) is 49.8 Å². The van der Waals surface area contributed by atoms with E-state index in [1.54, 1.807) is 11.1 Å². The van der Waals surface area contributed by atoms with Crippen molar-refractivity contribution < 1.29 is 0 Å². The fourth-order valence-corrected chi connectivity index (χ4v) is 4.42. The summed E-state index contributed by atoms with van der Waals surface area (Å²) in [4.78, 5) is 2.54. The first kappa shape index (κ1) is 14.4. The zero-order valence-corrected chi connectivity index (χ0v) is 14.4. The van der Waals surface area contributed by atoms with Gasteiger partial charge >= 0.3 is 0 Å². The molecule has 2 heterocycles. The van der Waals surface area contributed by atoms with Crippen molar-refractivity contribution in [3.8, 4) is 0 Å². The summed E-state index contributed by atoms with van der Waals surface area (Å²) in [6.07, 6.45) is 16.4. The molecular formula is C22H26N2. The first-order chi connectivity index (χ1) is 11.9. The van der Waals surface area contributed by atoms with E-state index in [4.69, 9.17) is 0 Å². The molecule has 124 valence electrons. The predicted octanol–water partition coefficient (Wildman–Crippen LogP) is 5.30. The molecule has 2 heteroatoms. The molecular weight excluding hydrogens is 292 g/mol. The Bertz CT molecular complexity index is 820. The van der Waals surface area contributed by atoms with Crippen molar-refractivity contribution in [2.75, 3.05) is 13.1 Å². The molecule has 2 aromatic rings. The van der Waals surface area contributed by atoms with Crippen molar-refractivity contribution in [3.05, 3.63) is 47.8 Å². The number of para-hydroxylation sites is 1. The van der Waals surface area contributed by atoms with E-state index in [9.17, 15) is 0 Å². The predicted molar refractivity (Wildman–Crippen MR) is 102 cm³/mol. The number of nitrogens with zero attached hydrogens (tertiary/aromatic N) is 2. The number of benzene rings is 1. The first-order valence-electron chi connectivity index (χ1n) is 9.64. The average molecular weight is 318 g/mol. The van der Waals surface area contributed by atoms with Gasteiger partial charge in [-0.05, 0) is 56.1 Å². The molecule has 0 unspecified atom stereocenters. The Balaban J connectivity index is 1.61. The van der Waals surface area contributed by atoms with E-state index in [1.165, 1.54) is 61.7 Å². The Hall–Kier alpha value is -1.96. The molecule has 1 saturated carbocycles. The maximum atomic E-state index is 2.54. The highest BCUT2D eigenvalue weighted by Gasteiger charge is 2.25. The lowest BCUT2D eigenvalue weighted by Crippen LogP contribution is -2.21.